The summed E-state index contributed by atoms with van der Waals surface area (Å²) in [5, 5.41) is 2.46. The summed E-state index contributed by atoms with van der Waals surface area (Å²) < 4.78 is 0. The summed E-state index contributed by atoms with van der Waals surface area (Å²) in [4.78, 5) is 32.9. The fourth-order valence-corrected chi connectivity index (χ4v) is 2.34. The van der Waals surface area contributed by atoms with Crippen LogP contribution in [0.4, 0.5) is 5.82 Å². The average molecular weight is 254 g/mol. The predicted molar refractivity (Wildman–Crippen MR) is 71.5 cm³/mol. The third kappa shape index (κ3) is 1.57. The van der Waals surface area contributed by atoms with Crippen molar-refractivity contribution in [1.29, 1.82) is 0 Å². The molecule has 1 aromatic carbocycles. The normalized spacial score (nSPS) is 14.1. The molecular weight excluding hydrogens is 244 g/mol. The first kappa shape index (κ1) is 11.3. The van der Waals surface area contributed by atoms with Crippen LogP contribution in [0.15, 0.2) is 34.1 Å². The lowest BCUT2D eigenvalue weighted by Gasteiger charge is -2.05. The Balaban J connectivity index is 2.40. The number of carbonyl (C=O) groups excluding carboxylic acids is 1. The fraction of sp³-hybridized carbons (Fsp3) is 0.0769. The summed E-state index contributed by atoms with van der Waals surface area (Å²) in [5.41, 5.74) is 3.29. The van der Waals surface area contributed by atoms with Crippen molar-refractivity contribution in [3.8, 4) is 11.3 Å². The smallest absolute Gasteiger partial charge is 0.313 e. The van der Waals surface area contributed by atoms with Crippen molar-refractivity contribution in [2.24, 2.45) is 4.99 Å². The summed E-state index contributed by atoms with van der Waals surface area (Å²) in [5.74, 6) is 0.227. The molecule has 1 aromatic heterocycles. The van der Waals surface area contributed by atoms with Crippen LogP contribution >= 0.6 is 0 Å². The molecule has 6 heteroatoms. The average Bonchev–Trinajstić information content (AvgIpc) is 2.73. The molecule has 94 valence electrons. The van der Waals surface area contributed by atoms with Crippen LogP contribution in [0.1, 0.15) is 11.1 Å². The maximum atomic E-state index is 11.6. The Kier molecular flexibility index (Phi) is 2.49. The summed E-state index contributed by atoms with van der Waals surface area (Å²) in [6.45, 7) is 0. The van der Waals surface area contributed by atoms with Gasteiger partial charge in [0.2, 0.25) is 6.41 Å². The molecule has 0 atom stereocenters. The molecule has 19 heavy (non-hydrogen) atoms. The van der Waals surface area contributed by atoms with Gasteiger partial charge < -0.3 is 10.3 Å². The molecule has 0 radical (unpaired) electrons. The highest BCUT2D eigenvalue weighted by molar-refractivity contribution is 6.26. The predicted octanol–water partition coefficient (Wildman–Crippen LogP) is 0.786. The monoisotopic (exact) mass is 254 g/mol. The maximum absolute atomic E-state index is 11.6. The summed E-state index contributed by atoms with van der Waals surface area (Å²) in [7, 11) is 1.66. The molecule has 1 aliphatic carbocycles. The van der Waals surface area contributed by atoms with E-state index in [0.29, 0.717) is 23.4 Å². The minimum Gasteiger partial charge on any atom is -0.313 e. The molecule has 1 aliphatic rings. The molecule has 2 N–H and O–H groups in total. The number of nitrogens with zero attached hydrogens (tertiary/aromatic N) is 2. The zero-order chi connectivity index (χ0) is 13.4. The largest absolute Gasteiger partial charge is 0.347 e. The third-order valence-electron chi connectivity index (χ3n) is 3.04. The second-order valence-electron chi connectivity index (χ2n) is 4.02. The number of anilines is 1. The Morgan fingerprint density at radius 2 is 2.05 bits per heavy atom. The van der Waals surface area contributed by atoms with Gasteiger partial charge in [0, 0.05) is 18.2 Å². The summed E-state index contributed by atoms with van der Waals surface area (Å²) in [6, 6.07) is 7.59. The lowest BCUT2D eigenvalue weighted by atomic mass is 10.1. The highest BCUT2D eigenvalue weighted by atomic mass is 16.1. The molecule has 3 rings (SSSR count). The van der Waals surface area contributed by atoms with Crippen molar-refractivity contribution in [3.05, 3.63) is 45.9 Å². The van der Waals surface area contributed by atoms with Gasteiger partial charge >= 0.3 is 5.69 Å². The zero-order valence-electron chi connectivity index (χ0n) is 10.1. The van der Waals surface area contributed by atoms with E-state index in [1.165, 1.54) is 0 Å². The van der Waals surface area contributed by atoms with Crippen LogP contribution < -0.4 is 11.0 Å². The topological polar surface area (TPSA) is 87.2 Å². The van der Waals surface area contributed by atoms with Crippen LogP contribution in [-0.2, 0) is 4.79 Å². The number of hydrogen-bond donors (Lipinski definition) is 2. The van der Waals surface area contributed by atoms with E-state index in [9.17, 15) is 9.59 Å². The van der Waals surface area contributed by atoms with E-state index in [1.807, 2.05) is 24.3 Å². The highest BCUT2D eigenvalue weighted by Crippen LogP contribution is 2.37. The number of fused-ring (bicyclic) bond motifs is 3. The van der Waals surface area contributed by atoms with Gasteiger partial charge in [-0.3, -0.25) is 9.79 Å². The SMILES string of the molecule is CN=C1c2ccccc2-c2[nH]c(=O)nc(NC=O)c21. The van der Waals surface area contributed by atoms with Crippen LogP contribution in [0, 0.1) is 0 Å². The van der Waals surface area contributed by atoms with Crippen molar-refractivity contribution in [1.82, 2.24) is 9.97 Å². The number of nitrogens with one attached hydrogen (secondary N) is 2. The number of aromatic nitrogens is 2. The van der Waals surface area contributed by atoms with Gasteiger partial charge in [0.1, 0.15) is 5.82 Å². The maximum Gasteiger partial charge on any atom is 0.347 e. The van der Waals surface area contributed by atoms with Gasteiger partial charge in [-0.05, 0) is 0 Å². The standard InChI is InChI=1S/C13H10N4O2/c1-14-10-7-4-2-3-5-8(7)11-9(10)12(15-6-18)17-13(19)16-11/h2-6H,1H3,(H2,15,16,17,18,19). The quantitative estimate of drug-likeness (QED) is 0.663. The first-order chi connectivity index (χ1) is 9.26. The van der Waals surface area contributed by atoms with E-state index < -0.39 is 5.69 Å². The number of H-pyrrole nitrogens is 1. The Bertz CT molecular complexity index is 761. The van der Waals surface area contributed by atoms with Gasteiger partial charge in [0.05, 0.1) is 17.0 Å². The van der Waals surface area contributed by atoms with Crippen LogP contribution in [0.5, 0.6) is 0 Å². The molecular formula is C13H10N4O2. The van der Waals surface area contributed by atoms with E-state index in [4.69, 9.17) is 0 Å². The van der Waals surface area contributed by atoms with Gasteiger partial charge in [0.25, 0.3) is 0 Å². The Morgan fingerprint density at radius 3 is 2.74 bits per heavy atom. The molecule has 1 amide bonds. The molecule has 0 unspecified atom stereocenters. The minimum absolute atomic E-state index is 0.227. The first-order valence-corrected chi connectivity index (χ1v) is 5.67. The summed E-state index contributed by atoms with van der Waals surface area (Å²) in [6.07, 6.45) is 0.498. The molecule has 0 spiro atoms. The lowest BCUT2D eigenvalue weighted by Crippen LogP contribution is -2.17. The van der Waals surface area contributed by atoms with Crippen molar-refractivity contribution in [3.63, 3.8) is 0 Å². The molecule has 6 nitrogen and oxygen atoms in total. The van der Waals surface area contributed by atoms with E-state index >= 15 is 0 Å². The van der Waals surface area contributed by atoms with E-state index in [1.54, 1.807) is 7.05 Å². The minimum atomic E-state index is -0.504. The number of aromatic amines is 1. The van der Waals surface area contributed by atoms with Gasteiger partial charge in [-0.25, -0.2) is 4.79 Å². The third-order valence-corrected chi connectivity index (χ3v) is 3.04. The zero-order valence-corrected chi connectivity index (χ0v) is 10.1. The molecule has 1 heterocycles. The summed E-state index contributed by atoms with van der Waals surface area (Å²) >= 11 is 0. The number of benzene rings is 1. The Labute approximate surface area is 108 Å². The molecule has 0 saturated carbocycles. The second-order valence-corrected chi connectivity index (χ2v) is 4.02. The van der Waals surface area contributed by atoms with Crippen molar-refractivity contribution >= 4 is 17.9 Å². The van der Waals surface area contributed by atoms with E-state index in [-0.39, 0.29) is 5.82 Å². The van der Waals surface area contributed by atoms with Crippen molar-refractivity contribution in [2.75, 3.05) is 12.4 Å². The van der Waals surface area contributed by atoms with E-state index in [0.717, 1.165) is 11.1 Å². The number of aliphatic imine (C=N–C) groups is 1. The molecule has 0 aliphatic heterocycles. The van der Waals surface area contributed by atoms with E-state index in [2.05, 4.69) is 20.3 Å². The second kappa shape index (κ2) is 4.16. The molecule has 0 fully saturated rings. The fourth-order valence-electron chi connectivity index (χ4n) is 2.34. The van der Waals surface area contributed by atoms with Crippen LogP contribution in [0.3, 0.4) is 0 Å². The number of rotatable bonds is 2. The highest BCUT2D eigenvalue weighted by Gasteiger charge is 2.28. The first-order valence-electron chi connectivity index (χ1n) is 5.67. The lowest BCUT2D eigenvalue weighted by molar-refractivity contribution is -0.105. The van der Waals surface area contributed by atoms with Gasteiger partial charge in [-0.2, -0.15) is 4.98 Å². The van der Waals surface area contributed by atoms with Crippen LogP contribution in [0.25, 0.3) is 11.3 Å². The number of carbonyl (C=O) groups is 1. The van der Waals surface area contributed by atoms with Crippen LogP contribution in [-0.4, -0.2) is 29.1 Å². The van der Waals surface area contributed by atoms with Gasteiger partial charge in [-0.15, -0.1) is 0 Å². The van der Waals surface area contributed by atoms with Crippen LogP contribution in [0.2, 0.25) is 0 Å². The van der Waals surface area contributed by atoms with Crippen molar-refractivity contribution < 1.29 is 4.79 Å². The number of hydrogen-bond acceptors (Lipinski definition) is 4. The number of amides is 1. The molecule has 2 aromatic rings. The molecule has 0 bridgehead atoms. The van der Waals surface area contributed by atoms with Gasteiger partial charge in [-0.1, -0.05) is 24.3 Å². The van der Waals surface area contributed by atoms with Gasteiger partial charge in [0.15, 0.2) is 0 Å². The van der Waals surface area contributed by atoms with Crippen molar-refractivity contribution in [2.45, 2.75) is 0 Å². The molecule has 0 saturated heterocycles. The Morgan fingerprint density at radius 1 is 1.32 bits per heavy atom. The Hall–Kier alpha value is -2.76.